The Morgan fingerprint density at radius 3 is 1.21 bits per heavy atom. The molecule has 0 saturated heterocycles. The van der Waals surface area contributed by atoms with E-state index in [1.165, 1.54) is 77.1 Å². The molecule has 0 aliphatic heterocycles. The zero-order chi connectivity index (χ0) is 56.7. The van der Waals surface area contributed by atoms with E-state index < -0.39 is 0 Å². The summed E-state index contributed by atoms with van der Waals surface area (Å²) >= 11 is 0. The van der Waals surface area contributed by atoms with Gasteiger partial charge in [0.25, 0.3) is 0 Å². The van der Waals surface area contributed by atoms with Gasteiger partial charge in [-0.2, -0.15) is 0 Å². The number of aromatic nitrogens is 5. The number of fused-ring (bicyclic) bond motifs is 9. The van der Waals surface area contributed by atoms with Gasteiger partial charge in [-0.15, -0.1) is 0 Å². The van der Waals surface area contributed by atoms with Crippen molar-refractivity contribution in [3.05, 3.63) is 221 Å². The minimum atomic E-state index is -0.161. The number of para-hydroxylation sites is 4. The first kappa shape index (κ1) is 52.0. The van der Waals surface area contributed by atoms with E-state index in [9.17, 15) is 0 Å². The zero-order valence-electron chi connectivity index (χ0n) is 49.6. The maximum absolute atomic E-state index is 5.73. The molecule has 0 radical (unpaired) electrons. The van der Waals surface area contributed by atoms with Gasteiger partial charge in [-0.05, 0) is 145 Å². The molecule has 12 aromatic rings. The summed E-state index contributed by atoms with van der Waals surface area (Å²) in [5.74, 6) is 1.90. The fourth-order valence-corrected chi connectivity index (χ4v) is 12.6. The van der Waals surface area contributed by atoms with E-state index in [-0.39, 0.29) is 27.1 Å². The Hall–Kier alpha value is -8.41. The summed E-state index contributed by atoms with van der Waals surface area (Å²) in [5.41, 5.74) is 21.4. The molecule has 0 unspecified atom stereocenters. The summed E-state index contributed by atoms with van der Waals surface area (Å²) in [6, 6.07) is 70.2. The Bertz CT molecular complexity index is 4320. The Balaban J connectivity index is 1.12. The van der Waals surface area contributed by atoms with Crippen LogP contribution in [0.1, 0.15) is 130 Å². The zero-order valence-corrected chi connectivity index (χ0v) is 49.6. The molecule has 0 spiro atoms. The fourth-order valence-electron chi connectivity index (χ4n) is 12.6. The van der Waals surface area contributed by atoms with Crippen LogP contribution in [0.3, 0.4) is 0 Å². The maximum Gasteiger partial charge on any atom is 0.166 e. The standard InChI is InChI=1S/C76H73N5/c1-72(2,3)49-37-47(38-50(42-49)73(4,5)6)69-77-70(48-39-51(74(7,8)9)43-52(40-48)75(10,11)12)79-71(78-69)60-41-46(35-36-67(60)80-64-32-22-17-27-55(64)56-28-18-23-33-65(56)80)53-25-16-21-31-63(53)81-66-34-24-19-29-57(66)59-44-58-54-26-15-20-30-61(54)76(13,14)62(58)45-68(59)81/h15-45H,1-14H3. The van der Waals surface area contributed by atoms with E-state index in [4.69, 9.17) is 15.0 Å². The largest absolute Gasteiger partial charge is 0.309 e. The fraction of sp³-hybridized carbons (Fsp3) is 0.250. The lowest BCUT2D eigenvalue weighted by Gasteiger charge is -2.26. The summed E-state index contributed by atoms with van der Waals surface area (Å²) in [4.78, 5) is 17.0. The van der Waals surface area contributed by atoms with Crippen LogP contribution in [0.25, 0.3) is 111 Å². The van der Waals surface area contributed by atoms with E-state index in [1.807, 2.05) is 0 Å². The second-order valence-electron chi connectivity index (χ2n) is 27.5. The van der Waals surface area contributed by atoms with Crippen LogP contribution < -0.4 is 0 Å². The third-order valence-corrected chi connectivity index (χ3v) is 17.4. The molecule has 0 fully saturated rings. The highest BCUT2D eigenvalue weighted by Gasteiger charge is 2.36. The Morgan fingerprint density at radius 2 is 0.704 bits per heavy atom. The normalized spacial score (nSPS) is 13.7. The molecule has 3 heterocycles. The van der Waals surface area contributed by atoms with Gasteiger partial charge >= 0.3 is 0 Å². The molecule has 0 bridgehead atoms. The SMILES string of the molecule is CC(C)(C)c1cc(-c2nc(-c3cc(C(C)(C)C)cc(C(C)(C)C)c3)nc(-c3cc(-c4ccccc4-n4c5ccccc5c5cc6c(cc54)C(C)(C)c4ccccc4-6)ccc3-n3c4ccccc4c4ccccc43)n2)cc(C(C)(C)C)c1. The van der Waals surface area contributed by atoms with Gasteiger partial charge in [0.1, 0.15) is 0 Å². The van der Waals surface area contributed by atoms with E-state index >= 15 is 0 Å². The lowest BCUT2D eigenvalue weighted by atomic mass is 9.79. The van der Waals surface area contributed by atoms with Crippen LogP contribution in [-0.2, 0) is 27.1 Å². The molecule has 1 aliphatic carbocycles. The number of hydrogen-bond acceptors (Lipinski definition) is 3. The van der Waals surface area contributed by atoms with Crippen molar-refractivity contribution >= 4 is 43.6 Å². The van der Waals surface area contributed by atoms with E-state index in [0.717, 1.165) is 50.2 Å². The maximum atomic E-state index is 5.73. The van der Waals surface area contributed by atoms with Gasteiger partial charge in [-0.3, -0.25) is 0 Å². The highest BCUT2D eigenvalue weighted by Crippen LogP contribution is 2.52. The van der Waals surface area contributed by atoms with Crippen LogP contribution >= 0.6 is 0 Å². The highest BCUT2D eigenvalue weighted by molar-refractivity contribution is 6.13. The molecule has 5 nitrogen and oxygen atoms in total. The quantitative estimate of drug-likeness (QED) is 0.167. The number of benzene rings is 9. The van der Waals surface area contributed by atoms with E-state index in [0.29, 0.717) is 17.5 Å². The molecule has 9 aromatic carbocycles. The van der Waals surface area contributed by atoms with Crippen LogP contribution in [0.2, 0.25) is 0 Å². The Morgan fingerprint density at radius 1 is 0.296 bits per heavy atom. The first-order valence-electron chi connectivity index (χ1n) is 28.9. The molecule has 0 saturated carbocycles. The first-order chi connectivity index (χ1) is 38.4. The molecule has 13 rings (SSSR count). The number of rotatable bonds is 6. The van der Waals surface area contributed by atoms with Crippen molar-refractivity contribution in [3.63, 3.8) is 0 Å². The van der Waals surface area contributed by atoms with Gasteiger partial charge in [0.05, 0.1) is 33.4 Å². The summed E-state index contributed by atoms with van der Waals surface area (Å²) in [5, 5.41) is 4.86. The predicted octanol–water partition coefficient (Wildman–Crippen LogP) is 20.2. The van der Waals surface area contributed by atoms with Crippen molar-refractivity contribution in [2.24, 2.45) is 0 Å². The highest BCUT2D eigenvalue weighted by atomic mass is 15.1. The van der Waals surface area contributed by atoms with Gasteiger partial charge in [-0.1, -0.05) is 212 Å². The summed E-state index contributed by atoms with van der Waals surface area (Å²) in [6.07, 6.45) is 0. The number of nitrogens with zero attached hydrogens (tertiary/aromatic N) is 5. The smallest absolute Gasteiger partial charge is 0.166 e. The minimum Gasteiger partial charge on any atom is -0.309 e. The second kappa shape index (κ2) is 18.3. The van der Waals surface area contributed by atoms with Crippen molar-refractivity contribution in [2.45, 2.75) is 124 Å². The van der Waals surface area contributed by atoms with Gasteiger partial charge in [0, 0.05) is 49.2 Å². The molecule has 0 N–H and O–H groups in total. The van der Waals surface area contributed by atoms with Crippen LogP contribution in [0.5, 0.6) is 0 Å². The minimum absolute atomic E-state index is 0.125. The Kier molecular flexibility index (Phi) is 11.8. The molecule has 1 aliphatic rings. The van der Waals surface area contributed by atoms with Gasteiger partial charge in [0.2, 0.25) is 0 Å². The van der Waals surface area contributed by atoms with E-state index in [1.54, 1.807) is 0 Å². The molecule has 0 amide bonds. The molecular weight excluding hydrogens is 983 g/mol. The topological polar surface area (TPSA) is 48.5 Å². The summed E-state index contributed by atoms with van der Waals surface area (Å²) in [7, 11) is 0. The van der Waals surface area contributed by atoms with Crippen molar-refractivity contribution < 1.29 is 0 Å². The predicted molar refractivity (Wildman–Crippen MR) is 343 cm³/mol. The van der Waals surface area contributed by atoms with E-state index in [2.05, 4.69) is 294 Å². The van der Waals surface area contributed by atoms with Crippen LogP contribution in [0.15, 0.2) is 188 Å². The molecule has 0 atom stereocenters. The third-order valence-electron chi connectivity index (χ3n) is 17.4. The van der Waals surface area contributed by atoms with Crippen LogP contribution in [0, 0.1) is 0 Å². The average Bonchev–Trinajstić information content (AvgIpc) is 3.45. The third kappa shape index (κ3) is 8.70. The second-order valence-corrected chi connectivity index (χ2v) is 27.5. The van der Waals surface area contributed by atoms with Crippen molar-refractivity contribution in [2.75, 3.05) is 0 Å². The van der Waals surface area contributed by atoms with Gasteiger partial charge in [-0.25, -0.2) is 15.0 Å². The van der Waals surface area contributed by atoms with Crippen LogP contribution in [0.4, 0.5) is 0 Å². The monoisotopic (exact) mass is 1060 g/mol. The molecule has 3 aromatic heterocycles. The summed E-state index contributed by atoms with van der Waals surface area (Å²) < 4.78 is 4.92. The molecule has 5 heteroatoms. The van der Waals surface area contributed by atoms with Crippen LogP contribution in [-0.4, -0.2) is 24.1 Å². The molecule has 402 valence electrons. The Labute approximate surface area is 478 Å². The average molecular weight is 1060 g/mol. The molecule has 81 heavy (non-hydrogen) atoms. The molecular formula is C76H73N5. The lowest BCUT2D eigenvalue weighted by molar-refractivity contribution is 0.568. The van der Waals surface area contributed by atoms with Crippen molar-refractivity contribution in [1.29, 1.82) is 0 Å². The van der Waals surface area contributed by atoms with Crippen molar-refractivity contribution in [3.8, 4) is 67.8 Å². The van der Waals surface area contributed by atoms with Crippen molar-refractivity contribution in [1.82, 2.24) is 24.1 Å². The van der Waals surface area contributed by atoms with Gasteiger partial charge in [0.15, 0.2) is 17.5 Å². The van der Waals surface area contributed by atoms with Gasteiger partial charge < -0.3 is 9.13 Å². The lowest BCUT2D eigenvalue weighted by Crippen LogP contribution is -2.17. The number of hydrogen-bond donors (Lipinski definition) is 0. The summed E-state index contributed by atoms with van der Waals surface area (Å²) in [6.45, 7) is 32.3. The first-order valence-corrected chi connectivity index (χ1v) is 28.9.